The summed E-state index contributed by atoms with van der Waals surface area (Å²) in [5, 5.41) is 14.1. The highest BCUT2D eigenvalue weighted by molar-refractivity contribution is 6.31. The molecule has 0 unspecified atom stereocenters. The monoisotopic (exact) mass is 418 g/mol. The van der Waals surface area contributed by atoms with Crippen molar-refractivity contribution in [3.63, 3.8) is 0 Å². The molecule has 4 aromatic carbocycles. The van der Waals surface area contributed by atoms with E-state index in [1.807, 2.05) is 66.7 Å². The summed E-state index contributed by atoms with van der Waals surface area (Å²) < 4.78 is 2.19. The number of fused-ring (bicyclic) bond motifs is 2. The van der Waals surface area contributed by atoms with E-state index in [4.69, 9.17) is 11.6 Å². The van der Waals surface area contributed by atoms with E-state index < -0.39 is 0 Å². The van der Waals surface area contributed by atoms with Crippen molar-refractivity contribution in [3.8, 4) is 6.07 Å². The average molecular weight is 419 g/mol. The van der Waals surface area contributed by atoms with Crippen LogP contribution in [0.4, 0.5) is 0 Å². The number of nitriles is 1. The van der Waals surface area contributed by atoms with Crippen molar-refractivity contribution in [1.29, 1.82) is 5.26 Å². The zero-order valence-corrected chi connectivity index (χ0v) is 17.6. The lowest BCUT2D eigenvalue weighted by molar-refractivity contribution is 0.836. The zero-order valence-electron chi connectivity index (χ0n) is 16.8. The van der Waals surface area contributed by atoms with Crippen molar-refractivity contribution in [2.45, 2.75) is 6.54 Å². The Labute approximate surface area is 186 Å². The number of hydrogen-bond acceptors (Lipinski definition) is 1. The van der Waals surface area contributed by atoms with Gasteiger partial charge in [-0.25, -0.2) is 0 Å². The molecule has 0 aliphatic heterocycles. The van der Waals surface area contributed by atoms with Gasteiger partial charge in [0.15, 0.2) is 0 Å². The van der Waals surface area contributed by atoms with E-state index in [0.29, 0.717) is 12.1 Å². The van der Waals surface area contributed by atoms with Gasteiger partial charge < -0.3 is 4.57 Å². The Hall–Kier alpha value is -3.80. The summed E-state index contributed by atoms with van der Waals surface area (Å²) in [5.74, 6) is 0. The predicted octanol–water partition coefficient (Wildman–Crippen LogP) is 7.56. The van der Waals surface area contributed by atoms with Crippen LogP contribution in [0.2, 0.25) is 5.02 Å². The molecule has 0 fully saturated rings. The first-order valence-electron chi connectivity index (χ1n) is 10.2. The molecule has 2 nitrogen and oxygen atoms in total. The fourth-order valence-corrected chi connectivity index (χ4v) is 4.31. The van der Waals surface area contributed by atoms with Crippen molar-refractivity contribution >= 4 is 44.9 Å². The third-order valence-electron chi connectivity index (χ3n) is 5.62. The molecule has 0 amide bonds. The van der Waals surface area contributed by atoms with E-state index in [1.54, 1.807) is 0 Å². The normalized spacial score (nSPS) is 11.7. The van der Waals surface area contributed by atoms with Crippen molar-refractivity contribution in [3.05, 3.63) is 119 Å². The van der Waals surface area contributed by atoms with E-state index in [-0.39, 0.29) is 0 Å². The fraction of sp³-hybridized carbons (Fsp3) is 0.0357. The molecule has 0 spiro atoms. The molecule has 31 heavy (non-hydrogen) atoms. The average Bonchev–Trinajstić information content (AvgIpc) is 3.16. The van der Waals surface area contributed by atoms with Gasteiger partial charge in [-0.2, -0.15) is 5.26 Å². The van der Waals surface area contributed by atoms with Crippen molar-refractivity contribution < 1.29 is 0 Å². The van der Waals surface area contributed by atoms with Gasteiger partial charge in [0.2, 0.25) is 0 Å². The molecule has 148 valence electrons. The van der Waals surface area contributed by atoms with Gasteiger partial charge in [0.1, 0.15) is 0 Å². The van der Waals surface area contributed by atoms with Gasteiger partial charge >= 0.3 is 0 Å². The predicted molar refractivity (Wildman–Crippen MR) is 130 cm³/mol. The molecule has 0 aliphatic carbocycles. The second kappa shape index (κ2) is 8.14. The minimum absolute atomic E-state index is 0.650. The van der Waals surface area contributed by atoms with Gasteiger partial charge in [0.25, 0.3) is 0 Å². The Kier molecular flexibility index (Phi) is 5.04. The zero-order chi connectivity index (χ0) is 21.2. The maximum absolute atomic E-state index is 10.0. The minimum atomic E-state index is 0.650. The Morgan fingerprint density at radius 2 is 1.55 bits per heavy atom. The number of allylic oxidation sites excluding steroid dienone is 1. The quantitative estimate of drug-likeness (QED) is 0.277. The van der Waals surface area contributed by atoms with E-state index in [1.165, 1.54) is 0 Å². The molecule has 0 bridgehead atoms. The van der Waals surface area contributed by atoms with Crippen LogP contribution in [0.15, 0.2) is 97.2 Å². The number of para-hydroxylation sites is 1. The first kappa shape index (κ1) is 19.2. The lowest BCUT2D eigenvalue weighted by atomic mass is 9.97. The largest absolute Gasteiger partial charge is 0.342 e. The van der Waals surface area contributed by atoms with Crippen LogP contribution in [0, 0.1) is 11.3 Å². The first-order chi connectivity index (χ1) is 15.2. The smallest absolute Gasteiger partial charge is 0.0998 e. The van der Waals surface area contributed by atoms with E-state index in [0.717, 1.165) is 43.4 Å². The maximum atomic E-state index is 10.0. The molecule has 1 aromatic heterocycles. The van der Waals surface area contributed by atoms with Gasteiger partial charge in [0.05, 0.1) is 11.6 Å². The summed E-state index contributed by atoms with van der Waals surface area (Å²) in [7, 11) is 0. The van der Waals surface area contributed by atoms with Gasteiger partial charge in [-0.15, -0.1) is 0 Å². The third-order valence-corrected chi connectivity index (χ3v) is 5.99. The molecular formula is C28H19ClN2. The lowest BCUT2D eigenvalue weighted by Gasteiger charge is -2.07. The maximum Gasteiger partial charge on any atom is 0.0998 e. The second-order valence-corrected chi connectivity index (χ2v) is 7.92. The number of hydrogen-bond donors (Lipinski definition) is 0. The van der Waals surface area contributed by atoms with Gasteiger partial charge in [-0.1, -0.05) is 90.5 Å². The van der Waals surface area contributed by atoms with Crippen molar-refractivity contribution in [2.24, 2.45) is 0 Å². The van der Waals surface area contributed by atoms with E-state index in [2.05, 4.69) is 47.2 Å². The molecule has 5 aromatic rings. The number of nitrogens with zero attached hydrogens (tertiary/aromatic N) is 2. The van der Waals surface area contributed by atoms with Gasteiger partial charge in [0, 0.05) is 39.8 Å². The summed E-state index contributed by atoms with van der Waals surface area (Å²) in [4.78, 5) is 0. The lowest BCUT2D eigenvalue weighted by Crippen LogP contribution is -1.98. The van der Waals surface area contributed by atoms with Crippen LogP contribution >= 0.6 is 11.6 Å². The molecule has 0 saturated heterocycles. The molecule has 3 heteroatoms. The molecule has 5 rings (SSSR count). The highest BCUT2D eigenvalue weighted by atomic mass is 35.5. The van der Waals surface area contributed by atoms with Crippen LogP contribution in [0.25, 0.3) is 33.3 Å². The Morgan fingerprint density at radius 3 is 2.39 bits per heavy atom. The highest BCUT2D eigenvalue weighted by Crippen LogP contribution is 2.30. The Balaban J connectivity index is 1.65. The number of rotatable bonds is 4. The third kappa shape index (κ3) is 3.61. The van der Waals surface area contributed by atoms with Crippen LogP contribution < -0.4 is 0 Å². The summed E-state index contributed by atoms with van der Waals surface area (Å²) in [6, 6.07) is 32.9. The van der Waals surface area contributed by atoms with Gasteiger partial charge in [-0.05, 0) is 34.5 Å². The second-order valence-electron chi connectivity index (χ2n) is 7.52. The molecular weight excluding hydrogens is 400 g/mol. The molecule has 1 heterocycles. The SMILES string of the molecule is N#C/C(=C/c1cn(Cc2ccccc2Cl)c2ccccc12)c1cccc2ccccc12. The highest BCUT2D eigenvalue weighted by Gasteiger charge is 2.11. The fourth-order valence-electron chi connectivity index (χ4n) is 4.12. The summed E-state index contributed by atoms with van der Waals surface area (Å²) in [6.45, 7) is 0.671. The van der Waals surface area contributed by atoms with Crippen LogP contribution in [0.3, 0.4) is 0 Å². The van der Waals surface area contributed by atoms with Crippen molar-refractivity contribution in [1.82, 2.24) is 4.57 Å². The van der Waals surface area contributed by atoms with E-state index in [9.17, 15) is 5.26 Å². The molecule has 0 atom stereocenters. The number of benzene rings is 4. The van der Waals surface area contributed by atoms with Crippen LogP contribution in [-0.2, 0) is 6.54 Å². The first-order valence-corrected chi connectivity index (χ1v) is 10.5. The van der Waals surface area contributed by atoms with Crippen LogP contribution in [-0.4, -0.2) is 4.57 Å². The van der Waals surface area contributed by atoms with Gasteiger partial charge in [-0.3, -0.25) is 0 Å². The summed E-state index contributed by atoms with van der Waals surface area (Å²) in [5.41, 5.74) is 4.80. The topological polar surface area (TPSA) is 28.7 Å². The summed E-state index contributed by atoms with van der Waals surface area (Å²) in [6.07, 6.45) is 4.10. The Morgan fingerprint density at radius 1 is 0.839 bits per heavy atom. The van der Waals surface area contributed by atoms with Crippen LogP contribution in [0.1, 0.15) is 16.7 Å². The molecule has 0 saturated carbocycles. The summed E-state index contributed by atoms with van der Waals surface area (Å²) >= 11 is 6.41. The Bertz CT molecular complexity index is 1480. The van der Waals surface area contributed by atoms with E-state index >= 15 is 0 Å². The molecule has 0 aliphatic rings. The standard InChI is InChI=1S/C28H19ClN2/c29-27-14-5-2-9-21(27)18-31-19-23(26-12-4-6-15-28(26)31)16-22(17-30)25-13-7-10-20-8-1-3-11-24(20)25/h1-16,19H,18H2/b22-16-. The number of aromatic nitrogens is 1. The molecule has 0 N–H and O–H groups in total. The van der Waals surface area contributed by atoms with Crippen LogP contribution in [0.5, 0.6) is 0 Å². The van der Waals surface area contributed by atoms with Crippen molar-refractivity contribution in [2.75, 3.05) is 0 Å². The minimum Gasteiger partial charge on any atom is -0.342 e. The molecule has 0 radical (unpaired) electrons. The number of halogens is 1.